The third-order valence-electron chi connectivity index (χ3n) is 4.49. The Morgan fingerprint density at radius 1 is 1.30 bits per heavy atom. The number of nitrogens with two attached hydrogens (primary N) is 1. The Labute approximate surface area is 121 Å². The van der Waals surface area contributed by atoms with E-state index in [-0.39, 0.29) is 5.91 Å². The number of hydrogen-bond acceptors (Lipinski definition) is 2. The van der Waals surface area contributed by atoms with E-state index in [0.717, 1.165) is 37.2 Å². The van der Waals surface area contributed by atoms with Crippen LogP contribution < -0.4 is 5.73 Å². The smallest absolute Gasteiger partial charge is 0.246 e. The molecule has 108 valence electrons. The first kappa shape index (κ1) is 14.6. The zero-order chi connectivity index (χ0) is 14.6. The van der Waals surface area contributed by atoms with Crippen molar-refractivity contribution in [3.8, 4) is 0 Å². The summed E-state index contributed by atoms with van der Waals surface area (Å²) in [5, 5.41) is 0. The Morgan fingerprint density at radius 3 is 2.45 bits per heavy atom. The molecule has 2 N–H and O–H groups in total. The summed E-state index contributed by atoms with van der Waals surface area (Å²) in [4.78, 5) is 14.1. The average molecular weight is 272 g/mol. The summed E-state index contributed by atoms with van der Waals surface area (Å²) in [6, 6.07) is 7.53. The van der Waals surface area contributed by atoms with Crippen LogP contribution in [0, 0.1) is 5.41 Å². The van der Waals surface area contributed by atoms with E-state index in [9.17, 15) is 4.79 Å². The second-order valence-electron chi connectivity index (χ2n) is 5.99. The summed E-state index contributed by atoms with van der Waals surface area (Å²) in [7, 11) is 0. The van der Waals surface area contributed by atoms with Crippen LogP contribution in [0.15, 0.2) is 30.3 Å². The number of carbonyl (C=O) groups is 1. The molecular weight excluding hydrogens is 248 g/mol. The molecule has 3 heteroatoms. The van der Waals surface area contributed by atoms with Gasteiger partial charge in [0.25, 0.3) is 0 Å². The number of nitrogen functional groups attached to an aromatic ring is 1. The highest BCUT2D eigenvalue weighted by molar-refractivity contribution is 5.91. The third kappa shape index (κ3) is 3.62. The molecule has 3 nitrogen and oxygen atoms in total. The molecule has 2 rings (SSSR count). The number of benzene rings is 1. The lowest BCUT2D eigenvalue weighted by Gasteiger charge is -2.38. The van der Waals surface area contributed by atoms with Gasteiger partial charge in [0.05, 0.1) is 0 Å². The Balaban J connectivity index is 1.91. The van der Waals surface area contributed by atoms with Gasteiger partial charge < -0.3 is 10.6 Å². The van der Waals surface area contributed by atoms with Gasteiger partial charge in [0.1, 0.15) is 0 Å². The van der Waals surface area contributed by atoms with Gasteiger partial charge in [-0.1, -0.05) is 32.4 Å². The van der Waals surface area contributed by atoms with E-state index in [2.05, 4.69) is 13.8 Å². The minimum atomic E-state index is 0.111. The number of nitrogens with zero attached hydrogens (tertiary/aromatic N) is 1. The summed E-state index contributed by atoms with van der Waals surface area (Å²) < 4.78 is 0. The number of piperidine rings is 1. The highest BCUT2D eigenvalue weighted by Gasteiger charge is 2.29. The molecule has 0 aromatic heterocycles. The van der Waals surface area contributed by atoms with Gasteiger partial charge in [-0.3, -0.25) is 4.79 Å². The quantitative estimate of drug-likeness (QED) is 0.677. The first-order chi connectivity index (χ1) is 9.52. The predicted octanol–water partition coefficient (Wildman–Crippen LogP) is 3.32. The maximum Gasteiger partial charge on any atom is 0.246 e. The number of carbonyl (C=O) groups excluding carboxylic acids is 1. The molecule has 1 heterocycles. The van der Waals surface area contributed by atoms with Crippen molar-refractivity contribution < 1.29 is 4.79 Å². The minimum Gasteiger partial charge on any atom is -0.399 e. The van der Waals surface area contributed by atoms with Crippen molar-refractivity contribution in [3.05, 3.63) is 35.9 Å². The van der Waals surface area contributed by atoms with Crippen LogP contribution in [0.1, 0.15) is 38.7 Å². The topological polar surface area (TPSA) is 46.3 Å². The molecule has 0 radical (unpaired) electrons. The van der Waals surface area contributed by atoms with Crippen LogP contribution in [0.5, 0.6) is 0 Å². The number of hydrogen-bond donors (Lipinski definition) is 1. The van der Waals surface area contributed by atoms with Crippen LogP contribution in [0.25, 0.3) is 6.08 Å². The van der Waals surface area contributed by atoms with Crippen molar-refractivity contribution in [3.63, 3.8) is 0 Å². The Kier molecular flexibility index (Phi) is 4.48. The van der Waals surface area contributed by atoms with Gasteiger partial charge in [-0.2, -0.15) is 0 Å². The summed E-state index contributed by atoms with van der Waals surface area (Å²) in [6.45, 7) is 6.29. The zero-order valence-corrected chi connectivity index (χ0v) is 12.4. The van der Waals surface area contributed by atoms with Crippen molar-refractivity contribution in [2.24, 2.45) is 5.41 Å². The lowest BCUT2D eigenvalue weighted by atomic mass is 9.78. The van der Waals surface area contributed by atoms with Crippen LogP contribution in [-0.4, -0.2) is 23.9 Å². The molecule has 1 aromatic carbocycles. The van der Waals surface area contributed by atoms with Crippen molar-refractivity contribution in [1.29, 1.82) is 0 Å². The molecule has 0 bridgehead atoms. The molecule has 1 amide bonds. The highest BCUT2D eigenvalue weighted by atomic mass is 16.2. The van der Waals surface area contributed by atoms with Crippen LogP contribution in [0.4, 0.5) is 5.69 Å². The maximum atomic E-state index is 12.2. The Morgan fingerprint density at radius 2 is 1.90 bits per heavy atom. The van der Waals surface area contributed by atoms with E-state index in [1.165, 1.54) is 6.42 Å². The molecule has 1 fully saturated rings. The first-order valence-corrected chi connectivity index (χ1v) is 7.35. The molecule has 1 aliphatic rings. The Hall–Kier alpha value is -1.77. The highest BCUT2D eigenvalue weighted by Crippen LogP contribution is 2.33. The lowest BCUT2D eigenvalue weighted by molar-refractivity contribution is -0.128. The van der Waals surface area contributed by atoms with E-state index in [0.29, 0.717) is 5.41 Å². The summed E-state index contributed by atoms with van der Waals surface area (Å²) in [6.07, 6.45) is 6.92. The molecule has 1 saturated heterocycles. The zero-order valence-electron chi connectivity index (χ0n) is 12.4. The molecule has 1 aromatic rings. The number of anilines is 1. The van der Waals surface area contributed by atoms with Crippen molar-refractivity contribution >= 4 is 17.7 Å². The number of likely N-dealkylation sites (tertiary alicyclic amines) is 1. The second kappa shape index (κ2) is 6.12. The second-order valence-corrected chi connectivity index (χ2v) is 5.99. The van der Waals surface area contributed by atoms with Gasteiger partial charge in [-0.15, -0.1) is 0 Å². The largest absolute Gasteiger partial charge is 0.399 e. The van der Waals surface area contributed by atoms with Crippen molar-refractivity contribution in [1.82, 2.24) is 4.90 Å². The molecule has 0 aliphatic carbocycles. The molecule has 0 atom stereocenters. The van der Waals surface area contributed by atoms with Crippen LogP contribution >= 0.6 is 0 Å². The van der Waals surface area contributed by atoms with E-state index in [4.69, 9.17) is 5.73 Å². The predicted molar refractivity (Wildman–Crippen MR) is 84.1 cm³/mol. The molecular formula is C17H24N2O. The third-order valence-corrected chi connectivity index (χ3v) is 4.49. The fourth-order valence-electron chi connectivity index (χ4n) is 2.50. The van der Waals surface area contributed by atoms with Crippen LogP contribution in [0.3, 0.4) is 0 Å². The summed E-state index contributed by atoms with van der Waals surface area (Å²) in [5.74, 6) is 0.111. The lowest BCUT2D eigenvalue weighted by Crippen LogP contribution is -2.41. The molecule has 0 spiro atoms. The molecule has 1 aliphatic heterocycles. The van der Waals surface area contributed by atoms with Crippen LogP contribution in [0.2, 0.25) is 0 Å². The molecule has 20 heavy (non-hydrogen) atoms. The average Bonchev–Trinajstić information content (AvgIpc) is 2.47. The van der Waals surface area contributed by atoms with E-state index in [1.54, 1.807) is 6.08 Å². The maximum absolute atomic E-state index is 12.2. The fraction of sp³-hybridized carbons (Fsp3) is 0.471. The van der Waals surface area contributed by atoms with Gasteiger partial charge in [0.2, 0.25) is 5.91 Å². The van der Waals surface area contributed by atoms with Crippen molar-refractivity contribution in [2.75, 3.05) is 18.8 Å². The van der Waals surface area contributed by atoms with Crippen LogP contribution in [-0.2, 0) is 4.79 Å². The van der Waals surface area contributed by atoms with Gasteiger partial charge in [-0.05, 0) is 42.0 Å². The SMILES string of the molecule is CCC1(C)CCN(C(=O)/C=C/c2ccc(N)cc2)CC1. The standard InChI is InChI=1S/C17H24N2O/c1-3-17(2)10-12-19(13-11-17)16(20)9-6-14-4-7-15(18)8-5-14/h4-9H,3,10-13,18H2,1-2H3/b9-6+. The van der Waals surface area contributed by atoms with Gasteiger partial charge >= 0.3 is 0 Å². The van der Waals surface area contributed by atoms with Gasteiger partial charge in [0, 0.05) is 24.9 Å². The van der Waals surface area contributed by atoms with E-state index in [1.807, 2.05) is 35.2 Å². The monoisotopic (exact) mass is 272 g/mol. The molecule has 0 unspecified atom stereocenters. The van der Waals surface area contributed by atoms with E-state index < -0.39 is 0 Å². The van der Waals surface area contributed by atoms with E-state index >= 15 is 0 Å². The van der Waals surface area contributed by atoms with Gasteiger partial charge in [-0.25, -0.2) is 0 Å². The summed E-state index contributed by atoms with van der Waals surface area (Å²) in [5.41, 5.74) is 7.79. The normalized spacial score (nSPS) is 18.4. The fourth-order valence-corrected chi connectivity index (χ4v) is 2.50. The number of amides is 1. The van der Waals surface area contributed by atoms with Gasteiger partial charge in [0.15, 0.2) is 0 Å². The molecule has 0 saturated carbocycles. The summed E-state index contributed by atoms with van der Waals surface area (Å²) >= 11 is 0. The number of rotatable bonds is 3. The Bertz CT molecular complexity index is 482. The first-order valence-electron chi connectivity index (χ1n) is 7.35. The minimum absolute atomic E-state index is 0.111. The van der Waals surface area contributed by atoms with Crippen molar-refractivity contribution in [2.45, 2.75) is 33.1 Å².